The third kappa shape index (κ3) is 18.9. The van der Waals surface area contributed by atoms with Gasteiger partial charge < -0.3 is 59.3 Å². The van der Waals surface area contributed by atoms with Crippen LogP contribution in [0, 0.1) is 11.8 Å². The van der Waals surface area contributed by atoms with Gasteiger partial charge in [0.05, 0.1) is 94.1 Å². The van der Waals surface area contributed by atoms with Crippen molar-refractivity contribution in [2.75, 3.05) is 26.4 Å². The first-order valence-electron chi connectivity index (χ1n) is 34.6. The first-order valence-corrected chi connectivity index (χ1v) is 34.6. The number of nitrogens with zero attached hydrogens (tertiary/aromatic N) is 4. The number of ether oxygens (including phenoxy) is 4. The van der Waals surface area contributed by atoms with E-state index in [1.165, 1.54) is 0 Å². The van der Waals surface area contributed by atoms with Crippen LogP contribution in [0.15, 0.2) is 60.7 Å². The van der Waals surface area contributed by atoms with Gasteiger partial charge in [-0.3, -0.25) is 38.4 Å². The number of aliphatic carboxylic acids is 4. The van der Waals surface area contributed by atoms with Gasteiger partial charge in [0.2, 0.25) is 0 Å². The maximum absolute atomic E-state index is 13.1. The molecular weight excluding hydrogens is 1300 g/mol. The lowest BCUT2D eigenvalue weighted by Crippen LogP contribution is -2.10. The van der Waals surface area contributed by atoms with Crippen molar-refractivity contribution in [2.24, 2.45) is 0 Å². The number of rotatable bonds is 32. The second-order valence-electron chi connectivity index (χ2n) is 25.0. The van der Waals surface area contributed by atoms with Gasteiger partial charge in [-0.2, -0.15) is 0 Å². The fourth-order valence-corrected chi connectivity index (χ4v) is 13.5. The molecule has 10 heterocycles. The minimum absolute atomic E-state index is 0.0214. The molecule has 0 aromatic carbocycles. The topological polar surface area (TPSA) is 369 Å². The van der Waals surface area contributed by atoms with E-state index in [2.05, 4.69) is 31.8 Å². The first-order chi connectivity index (χ1) is 49.3. The standard InChI is InChI=1S/C78H82N8O16/c1-5-99-71(95)39-13-45(9-35-67(87)88)75-59-23-17-49(79-59)43-50-18-24-60(80-50)76(46(10-36-68(89)90)14-40-72(96)100-6-2)64-32-28-56(84-64)53(55-27-31-63(75)83-55)21-22-54-57-29-33-65(85-57)77(47(11-37-69(91)92)15-41-73(97)101-7-3)61-25-19-51(81-61)44-52-20-26-62(82-52)78(66-34-30-58(54)86-66)48(12-38-70(93)94)16-42-74(98)102-8-4/h17-20,23-34,43-48,79,81,84,86H,5-16,35-42H2,1-4H3,(H,87,88)(H,89,90)(H,91,92)(H,93,94). The molecule has 24 heteroatoms. The summed E-state index contributed by atoms with van der Waals surface area (Å²) in [4.78, 5) is 137. The molecule has 4 aliphatic rings. The number of H-pyrrole nitrogens is 4. The summed E-state index contributed by atoms with van der Waals surface area (Å²) in [5, 5.41) is 40.6. The van der Waals surface area contributed by atoms with Crippen molar-refractivity contribution in [2.45, 2.75) is 154 Å². The lowest BCUT2D eigenvalue weighted by atomic mass is 9.88. The normalized spacial score (nSPS) is 13.2. The van der Waals surface area contributed by atoms with E-state index in [-0.39, 0.29) is 129 Å². The molecule has 0 spiro atoms. The van der Waals surface area contributed by atoms with E-state index >= 15 is 0 Å². The lowest BCUT2D eigenvalue weighted by molar-refractivity contribution is -0.144. The van der Waals surface area contributed by atoms with E-state index in [4.69, 9.17) is 38.9 Å². The van der Waals surface area contributed by atoms with Crippen LogP contribution in [0.25, 0.3) is 92.7 Å². The molecule has 8 N–H and O–H groups in total. The Kier molecular flexibility index (Phi) is 24.8. The molecule has 0 amide bonds. The zero-order valence-corrected chi connectivity index (χ0v) is 57.3. The maximum atomic E-state index is 13.1. The summed E-state index contributed by atoms with van der Waals surface area (Å²) in [5.74, 6) is -1.14. The zero-order chi connectivity index (χ0) is 72.4. The molecule has 0 radical (unpaired) electrons. The number of esters is 4. The van der Waals surface area contributed by atoms with Crippen LogP contribution in [0.1, 0.15) is 233 Å². The minimum Gasteiger partial charge on any atom is -0.481 e. The van der Waals surface area contributed by atoms with E-state index in [1.54, 1.807) is 39.8 Å². The van der Waals surface area contributed by atoms with Crippen LogP contribution in [0.4, 0.5) is 0 Å². The second kappa shape index (κ2) is 34.5. The van der Waals surface area contributed by atoms with E-state index in [9.17, 15) is 58.8 Å². The smallest absolute Gasteiger partial charge is 0.305 e. The van der Waals surface area contributed by atoms with Gasteiger partial charge in [-0.1, -0.05) is 11.8 Å². The number of carboxylic acid groups (broad SMARTS) is 4. The largest absolute Gasteiger partial charge is 0.481 e. The van der Waals surface area contributed by atoms with Crippen molar-refractivity contribution in [3.05, 3.63) is 140 Å². The van der Waals surface area contributed by atoms with Gasteiger partial charge in [-0.05, 0) is 212 Å². The Balaban J connectivity index is 1.33. The molecule has 6 aromatic rings. The van der Waals surface area contributed by atoms with Gasteiger partial charge in [-0.25, -0.2) is 19.9 Å². The highest BCUT2D eigenvalue weighted by Gasteiger charge is 2.28. The van der Waals surface area contributed by atoms with Crippen LogP contribution in [0.2, 0.25) is 0 Å². The molecule has 0 saturated heterocycles. The molecule has 6 aromatic heterocycles. The van der Waals surface area contributed by atoms with E-state index < -0.39 is 71.4 Å². The Morgan fingerprint density at radius 3 is 0.892 bits per heavy atom. The van der Waals surface area contributed by atoms with Crippen LogP contribution in [0.3, 0.4) is 0 Å². The predicted octanol–water partition coefficient (Wildman–Crippen LogP) is 14.2. The first kappa shape index (κ1) is 73.2. The summed E-state index contributed by atoms with van der Waals surface area (Å²) >= 11 is 0. The summed E-state index contributed by atoms with van der Waals surface area (Å²) in [5.41, 5.74) is 11.2. The average Bonchev–Trinajstić information content (AvgIpc) is 1.61. The predicted molar refractivity (Wildman–Crippen MR) is 386 cm³/mol. The Bertz CT molecular complexity index is 4400. The Morgan fingerprint density at radius 2 is 0.588 bits per heavy atom. The molecule has 16 bridgehead atoms. The van der Waals surface area contributed by atoms with Crippen LogP contribution >= 0.6 is 0 Å². The third-order valence-electron chi connectivity index (χ3n) is 18.1. The van der Waals surface area contributed by atoms with E-state index in [1.807, 2.05) is 97.1 Å². The monoisotopic (exact) mass is 1390 g/mol. The van der Waals surface area contributed by atoms with Gasteiger partial charge >= 0.3 is 47.8 Å². The van der Waals surface area contributed by atoms with Crippen molar-refractivity contribution >= 4 is 140 Å². The van der Waals surface area contributed by atoms with E-state index in [0.29, 0.717) is 123 Å². The number of aromatic amines is 4. The van der Waals surface area contributed by atoms with E-state index in [0.717, 1.165) is 0 Å². The van der Waals surface area contributed by atoms with Crippen molar-refractivity contribution in [3.63, 3.8) is 0 Å². The minimum atomic E-state index is -1.03. The fourth-order valence-electron chi connectivity index (χ4n) is 13.5. The number of hydrogen-bond acceptors (Lipinski definition) is 16. The van der Waals surface area contributed by atoms with Gasteiger partial charge in [0.1, 0.15) is 0 Å². The van der Waals surface area contributed by atoms with Crippen molar-refractivity contribution in [3.8, 4) is 11.8 Å². The lowest BCUT2D eigenvalue weighted by Gasteiger charge is -2.18. The summed E-state index contributed by atoms with van der Waals surface area (Å²) < 4.78 is 21.5. The van der Waals surface area contributed by atoms with Gasteiger partial charge in [-0.15, -0.1) is 0 Å². The molecule has 102 heavy (non-hydrogen) atoms. The Morgan fingerprint density at radius 1 is 0.333 bits per heavy atom. The van der Waals surface area contributed by atoms with Crippen LogP contribution < -0.4 is 0 Å². The zero-order valence-electron chi connectivity index (χ0n) is 57.3. The molecular formula is C78H82N8O16. The molecule has 10 rings (SSSR count). The summed E-state index contributed by atoms with van der Waals surface area (Å²) in [6, 6.07) is 18.4. The van der Waals surface area contributed by atoms with Gasteiger partial charge in [0.25, 0.3) is 0 Å². The number of carbonyl (C=O) groups excluding carboxylic acids is 4. The SMILES string of the molecule is CCOC(=O)CCC(CCC(=O)O)c1c2nc(c(C#Cc3c4nc(c(C(CCC(=O)O)CCC(=O)OCC)c5ccc(cc6nc(c(C(CCC(=O)O)CCC(=O)OCC)c7ccc3[nH]7)C=C6)[nH]5)C=C4)c3ccc([nH]3)c(C(CCC(=O)O)CCC(=O)OCC)c3nc(cc4ccc1[nH]4)C=C3)C=C2. The molecule has 0 aliphatic carbocycles. The van der Waals surface area contributed by atoms with Crippen molar-refractivity contribution in [1.29, 1.82) is 0 Å². The second-order valence-corrected chi connectivity index (χ2v) is 25.0. The van der Waals surface area contributed by atoms with Crippen LogP contribution in [-0.4, -0.2) is 134 Å². The summed E-state index contributed by atoms with van der Waals surface area (Å²) in [7, 11) is 0. The molecule has 4 aliphatic heterocycles. The highest BCUT2D eigenvalue weighted by molar-refractivity contribution is 5.89. The third-order valence-corrected chi connectivity index (χ3v) is 18.1. The number of carbonyl (C=O) groups is 8. The fraction of sp³-hybridized carbons (Fsp3) is 0.359. The van der Waals surface area contributed by atoms with Crippen molar-refractivity contribution < 1.29 is 77.7 Å². The Hall–Kier alpha value is -11.5. The number of hydrogen-bond donors (Lipinski definition) is 8. The maximum Gasteiger partial charge on any atom is 0.305 e. The number of nitrogens with one attached hydrogen (secondary N) is 4. The molecule has 4 unspecified atom stereocenters. The highest BCUT2D eigenvalue weighted by atomic mass is 16.5. The van der Waals surface area contributed by atoms with Crippen molar-refractivity contribution in [1.82, 2.24) is 39.9 Å². The summed E-state index contributed by atoms with van der Waals surface area (Å²) in [6.07, 6.45) is 14.8. The number of aromatic nitrogens is 8. The van der Waals surface area contributed by atoms with Crippen LogP contribution in [-0.2, 0) is 57.3 Å². The van der Waals surface area contributed by atoms with Crippen LogP contribution in [0.5, 0.6) is 0 Å². The molecule has 4 atom stereocenters. The summed E-state index contributed by atoms with van der Waals surface area (Å²) in [6.45, 7) is 7.46. The number of fused-ring (bicyclic) bond motifs is 16. The van der Waals surface area contributed by atoms with Gasteiger partial charge in [0.15, 0.2) is 0 Å². The highest BCUT2D eigenvalue weighted by Crippen LogP contribution is 2.40. The molecule has 530 valence electrons. The number of carboxylic acids is 4. The molecule has 24 nitrogen and oxygen atoms in total. The van der Waals surface area contributed by atoms with Gasteiger partial charge in [0, 0.05) is 107 Å². The average molecular weight is 1390 g/mol. The molecule has 0 saturated carbocycles. The Labute approximate surface area is 587 Å². The molecule has 0 fully saturated rings. The quantitative estimate of drug-likeness (QED) is 0.0110.